The molecule has 1 aliphatic rings. The minimum atomic E-state index is -0.131. The Bertz CT molecular complexity index is 1460. The zero-order chi connectivity index (χ0) is 26.8. The van der Waals surface area contributed by atoms with Crippen LogP contribution in [0.15, 0.2) is 79.0 Å². The van der Waals surface area contributed by atoms with Crippen LogP contribution in [0.5, 0.6) is 0 Å². The highest BCUT2D eigenvalue weighted by atomic mass is 32.1. The molecule has 38 heavy (non-hydrogen) atoms. The maximum absolute atomic E-state index is 12.8. The molecule has 0 spiro atoms. The van der Waals surface area contributed by atoms with E-state index >= 15 is 0 Å². The van der Waals surface area contributed by atoms with Crippen LogP contribution in [0.1, 0.15) is 52.3 Å². The molecule has 194 valence electrons. The largest absolute Gasteiger partial charge is 0.352 e. The molecule has 2 N–H and O–H groups in total. The molecule has 0 bridgehead atoms. The number of aromatic nitrogens is 2. The topological polar surface area (TPSA) is 62.2 Å². The molecule has 1 aliphatic heterocycles. The summed E-state index contributed by atoms with van der Waals surface area (Å²) < 4.78 is 2.33. The molecule has 3 heterocycles. The van der Waals surface area contributed by atoms with Crippen molar-refractivity contribution in [3.63, 3.8) is 0 Å². The van der Waals surface area contributed by atoms with Crippen molar-refractivity contribution in [2.24, 2.45) is 0 Å². The Balaban J connectivity index is 1.50. The lowest BCUT2D eigenvalue weighted by Gasteiger charge is -2.28. The lowest BCUT2D eigenvalue weighted by molar-refractivity contribution is -0.116. The van der Waals surface area contributed by atoms with Gasteiger partial charge in [0.05, 0.1) is 17.8 Å². The summed E-state index contributed by atoms with van der Waals surface area (Å²) in [5, 5.41) is 7.14. The second-order valence-electron chi connectivity index (χ2n) is 9.87. The van der Waals surface area contributed by atoms with E-state index in [4.69, 9.17) is 12.2 Å². The standard InChI is InChI=1S/C31H33N5OS/c1-20-11-10-15-27(22(20)3)36-21(2)19-25(23(36)4)30-29(26-14-8-9-17-32-26)34-31(38)35(30)18-16-28(37)33-24-12-6-5-7-13-24/h5-15,17,19,29-30H,16,18H2,1-4H3,(H,33,37)(H,34,38)/t29-,30-/m0/s1. The van der Waals surface area contributed by atoms with Crippen molar-refractivity contribution in [3.05, 3.63) is 113 Å². The Morgan fingerprint density at radius 1 is 1.00 bits per heavy atom. The highest BCUT2D eigenvalue weighted by Crippen LogP contribution is 2.41. The predicted octanol–water partition coefficient (Wildman–Crippen LogP) is 6.11. The van der Waals surface area contributed by atoms with Crippen LogP contribution in [-0.4, -0.2) is 32.0 Å². The molecule has 6 nitrogen and oxygen atoms in total. The van der Waals surface area contributed by atoms with Crippen LogP contribution in [0.25, 0.3) is 5.69 Å². The molecule has 1 amide bonds. The van der Waals surface area contributed by atoms with Crippen LogP contribution in [0.3, 0.4) is 0 Å². The van der Waals surface area contributed by atoms with Gasteiger partial charge in [-0.05, 0) is 93.0 Å². The van der Waals surface area contributed by atoms with Crippen LogP contribution < -0.4 is 10.6 Å². The predicted molar refractivity (Wildman–Crippen MR) is 157 cm³/mol. The van der Waals surface area contributed by atoms with E-state index in [2.05, 4.69) is 77.0 Å². The fourth-order valence-electron chi connectivity index (χ4n) is 5.39. The van der Waals surface area contributed by atoms with Crippen LogP contribution in [0.2, 0.25) is 0 Å². The van der Waals surface area contributed by atoms with Crippen molar-refractivity contribution in [2.45, 2.75) is 46.2 Å². The van der Waals surface area contributed by atoms with Crippen molar-refractivity contribution in [3.8, 4) is 5.69 Å². The third kappa shape index (κ3) is 4.94. The number of thiocarbonyl (C=S) groups is 1. The molecule has 2 atom stereocenters. The normalized spacial score (nSPS) is 16.9. The first-order valence-corrected chi connectivity index (χ1v) is 13.3. The van der Waals surface area contributed by atoms with E-state index in [1.165, 1.54) is 22.4 Å². The molecule has 1 saturated heterocycles. The number of nitrogens with one attached hydrogen (secondary N) is 2. The summed E-state index contributed by atoms with van der Waals surface area (Å²) in [7, 11) is 0. The molecule has 2 aromatic carbocycles. The first-order valence-electron chi connectivity index (χ1n) is 12.9. The summed E-state index contributed by atoms with van der Waals surface area (Å²) >= 11 is 5.84. The van der Waals surface area contributed by atoms with E-state index < -0.39 is 0 Å². The Kier molecular flexibility index (Phi) is 7.29. The molecule has 2 aromatic heterocycles. The van der Waals surface area contributed by atoms with E-state index in [9.17, 15) is 4.79 Å². The van der Waals surface area contributed by atoms with E-state index in [1.54, 1.807) is 0 Å². The maximum atomic E-state index is 12.8. The van der Waals surface area contributed by atoms with E-state index in [1.807, 2.05) is 54.7 Å². The second kappa shape index (κ2) is 10.8. The minimum absolute atomic E-state index is 0.0418. The van der Waals surface area contributed by atoms with Crippen molar-refractivity contribution in [2.75, 3.05) is 11.9 Å². The Morgan fingerprint density at radius 3 is 2.50 bits per heavy atom. The molecule has 4 aromatic rings. The van der Waals surface area contributed by atoms with Gasteiger partial charge in [0.15, 0.2) is 5.11 Å². The van der Waals surface area contributed by atoms with Crippen LogP contribution in [-0.2, 0) is 4.79 Å². The monoisotopic (exact) mass is 523 g/mol. The number of carbonyl (C=O) groups excluding carboxylic acids is 1. The summed E-state index contributed by atoms with van der Waals surface area (Å²) in [4.78, 5) is 19.6. The van der Waals surface area contributed by atoms with E-state index in [-0.39, 0.29) is 18.0 Å². The van der Waals surface area contributed by atoms with Gasteiger partial charge in [-0.25, -0.2) is 0 Å². The van der Waals surface area contributed by atoms with Gasteiger partial charge < -0.3 is 20.1 Å². The summed E-state index contributed by atoms with van der Waals surface area (Å²) in [6.45, 7) is 9.12. The summed E-state index contributed by atoms with van der Waals surface area (Å²) in [5.41, 5.74) is 8.91. The number of nitrogens with zero attached hydrogens (tertiary/aromatic N) is 3. The van der Waals surface area contributed by atoms with Crippen LogP contribution in [0.4, 0.5) is 5.69 Å². The van der Waals surface area contributed by atoms with Gasteiger partial charge in [-0.1, -0.05) is 36.4 Å². The van der Waals surface area contributed by atoms with Gasteiger partial charge in [0, 0.05) is 41.9 Å². The van der Waals surface area contributed by atoms with Gasteiger partial charge in [0.2, 0.25) is 5.91 Å². The fraction of sp³-hybridized carbons (Fsp3) is 0.258. The number of rotatable bonds is 7. The molecule has 1 fully saturated rings. The molecule has 0 radical (unpaired) electrons. The number of carbonyl (C=O) groups is 1. The molecular formula is C31H33N5OS. The summed E-state index contributed by atoms with van der Waals surface area (Å²) in [6.07, 6.45) is 2.13. The number of anilines is 1. The highest BCUT2D eigenvalue weighted by molar-refractivity contribution is 7.80. The van der Waals surface area contributed by atoms with Crippen LogP contribution >= 0.6 is 12.2 Å². The SMILES string of the molecule is Cc1cccc(-n2c(C)cc([C@H]3[C@H](c4ccccn4)NC(=S)N3CCC(=O)Nc3ccccc3)c2C)c1C. The third-order valence-corrected chi connectivity index (χ3v) is 7.79. The van der Waals surface area contributed by atoms with Crippen molar-refractivity contribution >= 4 is 28.9 Å². The number of amides is 1. The average Bonchev–Trinajstić information content (AvgIpc) is 3.40. The summed E-state index contributed by atoms with van der Waals surface area (Å²) in [5.74, 6) is -0.0418. The van der Waals surface area contributed by atoms with E-state index in [0.717, 1.165) is 22.8 Å². The molecule has 0 aliphatic carbocycles. The third-order valence-electron chi connectivity index (χ3n) is 7.44. The highest BCUT2D eigenvalue weighted by Gasteiger charge is 2.41. The number of aryl methyl sites for hydroxylation is 2. The van der Waals surface area contributed by atoms with Gasteiger partial charge in [0.25, 0.3) is 0 Å². The van der Waals surface area contributed by atoms with Gasteiger partial charge in [0.1, 0.15) is 0 Å². The van der Waals surface area contributed by atoms with Gasteiger partial charge >= 0.3 is 0 Å². The van der Waals surface area contributed by atoms with E-state index in [0.29, 0.717) is 18.1 Å². The maximum Gasteiger partial charge on any atom is 0.226 e. The molecule has 5 rings (SSSR count). The van der Waals surface area contributed by atoms with Gasteiger partial charge in [-0.2, -0.15) is 0 Å². The number of hydrogen-bond donors (Lipinski definition) is 2. The van der Waals surface area contributed by atoms with Crippen LogP contribution in [0, 0.1) is 27.7 Å². The minimum Gasteiger partial charge on any atom is -0.352 e. The first-order chi connectivity index (χ1) is 18.3. The fourth-order valence-corrected chi connectivity index (χ4v) is 5.72. The number of benzene rings is 2. The van der Waals surface area contributed by atoms with Crippen molar-refractivity contribution < 1.29 is 4.79 Å². The van der Waals surface area contributed by atoms with Crippen molar-refractivity contribution in [1.29, 1.82) is 0 Å². The molecular weight excluding hydrogens is 490 g/mol. The molecule has 7 heteroatoms. The zero-order valence-corrected chi connectivity index (χ0v) is 23.0. The smallest absolute Gasteiger partial charge is 0.226 e. The Labute approximate surface area is 229 Å². The van der Waals surface area contributed by atoms with Gasteiger partial charge in [-0.15, -0.1) is 0 Å². The lowest BCUT2D eigenvalue weighted by atomic mass is 9.96. The number of para-hydroxylation sites is 1. The Hall–Kier alpha value is -3.97. The molecule has 0 unspecified atom stereocenters. The number of hydrogen-bond acceptors (Lipinski definition) is 3. The zero-order valence-electron chi connectivity index (χ0n) is 22.2. The Morgan fingerprint density at radius 2 is 1.76 bits per heavy atom. The molecule has 0 saturated carbocycles. The second-order valence-corrected chi connectivity index (χ2v) is 10.3. The quantitative estimate of drug-likeness (QED) is 0.286. The number of pyridine rings is 1. The summed E-state index contributed by atoms with van der Waals surface area (Å²) in [6, 6.07) is 23.9. The van der Waals surface area contributed by atoms with Crippen molar-refractivity contribution in [1.82, 2.24) is 19.8 Å². The average molecular weight is 524 g/mol. The first kappa shape index (κ1) is 25.7. The lowest BCUT2D eigenvalue weighted by Crippen LogP contribution is -2.32. The van der Waals surface area contributed by atoms with Gasteiger partial charge in [-0.3, -0.25) is 9.78 Å².